The zero-order valence-electron chi connectivity index (χ0n) is 4.65. The van der Waals surface area contributed by atoms with Crippen molar-refractivity contribution in [2.75, 3.05) is 0 Å². The van der Waals surface area contributed by atoms with E-state index in [2.05, 4.69) is 29.4 Å². The molecule has 0 nitrogen and oxygen atoms in total. The van der Waals surface area contributed by atoms with E-state index in [0.717, 1.165) is 6.42 Å². The molecule has 0 bridgehead atoms. The Bertz CT molecular complexity index is 48.1. The topological polar surface area (TPSA) is 0 Å². The van der Waals surface area contributed by atoms with Gasteiger partial charge in [0.1, 0.15) is 0 Å². The smallest absolute Gasteiger partial charge is 0.0120 e. The Morgan fingerprint density at radius 1 is 1.86 bits per heavy atom. The molecule has 0 saturated carbocycles. The second kappa shape index (κ2) is 4.38. The molecule has 1 atom stereocenters. The summed E-state index contributed by atoms with van der Waals surface area (Å²) >= 11 is 3.43. The monoisotopic (exact) mass is 162 g/mol. The minimum absolute atomic E-state index is 0.644. The molecule has 0 aromatic rings. The third-order valence-electron chi connectivity index (χ3n) is 0.769. The van der Waals surface area contributed by atoms with Crippen LogP contribution in [0.4, 0.5) is 0 Å². The van der Waals surface area contributed by atoms with Crippen LogP contribution in [0.1, 0.15) is 19.8 Å². The average molecular weight is 163 g/mol. The number of allylic oxidation sites excluding steroid dienone is 1. The molecule has 0 rings (SSSR count). The Hall–Kier alpha value is 0.220. The maximum atomic E-state index is 3.61. The minimum atomic E-state index is 0.644. The lowest BCUT2D eigenvalue weighted by molar-refractivity contribution is 0.845. The molecule has 0 aliphatic heterocycles. The first-order valence-corrected chi connectivity index (χ1v) is 3.44. The lowest BCUT2D eigenvalue weighted by Gasteiger charge is -1.94. The van der Waals surface area contributed by atoms with Gasteiger partial charge in [0.15, 0.2) is 0 Å². The summed E-state index contributed by atoms with van der Waals surface area (Å²) in [7, 11) is 0. The van der Waals surface area contributed by atoms with Crippen LogP contribution in [-0.2, 0) is 0 Å². The molecule has 0 amide bonds. The first-order valence-electron chi connectivity index (χ1n) is 2.52. The number of rotatable bonds is 3. The highest BCUT2D eigenvalue weighted by Crippen LogP contribution is 2.05. The Labute approximate surface area is 53.7 Å². The number of hydrogen-bond acceptors (Lipinski definition) is 0. The fraction of sp³-hybridized carbons (Fsp3) is 0.667. The lowest BCUT2D eigenvalue weighted by Crippen LogP contribution is -1.85. The molecule has 0 N–H and O–H groups in total. The third kappa shape index (κ3) is 6.22. The summed E-state index contributed by atoms with van der Waals surface area (Å²) in [6, 6.07) is 0. The molecule has 0 aliphatic carbocycles. The summed E-state index contributed by atoms with van der Waals surface area (Å²) in [5.74, 6) is 0. The molecule has 1 heteroatoms. The summed E-state index contributed by atoms with van der Waals surface area (Å²) in [6.45, 7) is 5.75. The second-order valence-corrected chi connectivity index (χ2v) is 3.21. The Kier molecular flexibility index (Phi) is 4.52. The largest absolute Gasteiger partial charge is 0.103 e. The van der Waals surface area contributed by atoms with Gasteiger partial charge in [-0.3, -0.25) is 0 Å². The Morgan fingerprint density at radius 2 is 2.43 bits per heavy atom. The fourth-order valence-electron chi connectivity index (χ4n) is 0.348. The van der Waals surface area contributed by atoms with Crippen LogP contribution < -0.4 is 0 Å². The van der Waals surface area contributed by atoms with Crippen molar-refractivity contribution >= 4 is 15.9 Å². The van der Waals surface area contributed by atoms with Crippen LogP contribution in [0.5, 0.6) is 0 Å². The van der Waals surface area contributed by atoms with Gasteiger partial charge in [0.05, 0.1) is 0 Å². The maximum absolute atomic E-state index is 3.61. The lowest BCUT2D eigenvalue weighted by atomic mass is 10.2. The zero-order valence-corrected chi connectivity index (χ0v) is 6.24. The van der Waals surface area contributed by atoms with Gasteiger partial charge in [-0.15, -0.1) is 6.58 Å². The highest BCUT2D eigenvalue weighted by atomic mass is 79.9. The molecular weight excluding hydrogens is 152 g/mol. The van der Waals surface area contributed by atoms with Crippen molar-refractivity contribution in [3.63, 3.8) is 0 Å². The van der Waals surface area contributed by atoms with E-state index < -0.39 is 0 Å². The minimum Gasteiger partial charge on any atom is -0.103 e. The first kappa shape index (κ1) is 7.22. The average Bonchev–Trinajstić information content (AvgIpc) is 1.61. The summed E-state index contributed by atoms with van der Waals surface area (Å²) in [5, 5.41) is 0. The first-order chi connectivity index (χ1) is 3.27. The number of halogens is 1. The van der Waals surface area contributed by atoms with Crippen LogP contribution in [0, 0.1) is 0 Å². The van der Waals surface area contributed by atoms with Crippen LogP contribution in [0.3, 0.4) is 0 Å². The molecule has 0 radical (unpaired) electrons. The van der Waals surface area contributed by atoms with Crippen molar-refractivity contribution in [3.8, 4) is 0 Å². The van der Waals surface area contributed by atoms with E-state index in [-0.39, 0.29) is 0 Å². The molecular formula is C6H11Br. The SMILES string of the molecule is C=CCC[C@H](C)Br. The predicted molar refractivity (Wildman–Crippen MR) is 37.8 cm³/mol. The summed E-state index contributed by atoms with van der Waals surface area (Å²) < 4.78 is 0. The third-order valence-corrected chi connectivity index (χ3v) is 1.23. The molecule has 0 unspecified atom stereocenters. The van der Waals surface area contributed by atoms with E-state index in [1.54, 1.807) is 0 Å². The van der Waals surface area contributed by atoms with Crippen LogP contribution in [0.2, 0.25) is 0 Å². The van der Waals surface area contributed by atoms with E-state index in [1.165, 1.54) is 6.42 Å². The van der Waals surface area contributed by atoms with E-state index in [0.29, 0.717) is 4.83 Å². The van der Waals surface area contributed by atoms with Crippen molar-refractivity contribution in [1.29, 1.82) is 0 Å². The molecule has 7 heavy (non-hydrogen) atoms. The van der Waals surface area contributed by atoms with Gasteiger partial charge in [-0.2, -0.15) is 0 Å². The van der Waals surface area contributed by atoms with Crippen molar-refractivity contribution in [2.45, 2.75) is 24.6 Å². The molecule has 0 heterocycles. The molecule has 0 aliphatic rings. The van der Waals surface area contributed by atoms with Crippen LogP contribution in [0.15, 0.2) is 12.7 Å². The Morgan fingerprint density at radius 3 is 2.57 bits per heavy atom. The molecule has 0 aromatic heterocycles. The second-order valence-electron chi connectivity index (χ2n) is 1.65. The van der Waals surface area contributed by atoms with E-state index in [4.69, 9.17) is 0 Å². The van der Waals surface area contributed by atoms with E-state index >= 15 is 0 Å². The fourth-order valence-corrected chi connectivity index (χ4v) is 0.612. The quantitative estimate of drug-likeness (QED) is 0.443. The van der Waals surface area contributed by atoms with Gasteiger partial charge in [-0.1, -0.05) is 28.9 Å². The van der Waals surface area contributed by atoms with Crippen molar-refractivity contribution in [3.05, 3.63) is 12.7 Å². The van der Waals surface area contributed by atoms with Gasteiger partial charge >= 0.3 is 0 Å². The molecule has 0 saturated heterocycles. The van der Waals surface area contributed by atoms with Crippen LogP contribution in [0.25, 0.3) is 0 Å². The van der Waals surface area contributed by atoms with Gasteiger partial charge < -0.3 is 0 Å². The number of alkyl halides is 1. The van der Waals surface area contributed by atoms with Crippen LogP contribution >= 0.6 is 15.9 Å². The summed E-state index contributed by atoms with van der Waals surface area (Å²) in [4.78, 5) is 0.644. The van der Waals surface area contributed by atoms with Gasteiger partial charge in [0.25, 0.3) is 0 Å². The van der Waals surface area contributed by atoms with Crippen molar-refractivity contribution in [1.82, 2.24) is 0 Å². The highest BCUT2D eigenvalue weighted by Gasteiger charge is 1.89. The van der Waals surface area contributed by atoms with Gasteiger partial charge in [0.2, 0.25) is 0 Å². The summed E-state index contributed by atoms with van der Waals surface area (Å²) in [6.07, 6.45) is 4.26. The highest BCUT2D eigenvalue weighted by molar-refractivity contribution is 9.09. The van der Waals surface area contributed by atoms with E-state index in [9.17, 15) is 0 Å². The van der Waals surface area contributed by atoms with E-state index in [1.807, 2.05) is 6.08 Å². The zero-order chi connectivity index (χ0) is 5.70. The maximum Gasteiger partial charge on any atom is 0.0120 e. The summed E-state index contributed by atoms with van der Waals surface area (Å²) in [5.41, 5.74) is 0. The normalized spacial score (nSPS) is 13.4. The molecule has 42 valence electrons. The van der Waals surface area contributed by atoms with Gasteiger partial charge in [-0.25, -0.2) is 0 Å². The van der Waals surface area contributed by atoms with Gasteiger partial charge in [-0.05, 0) is 12.8 Å². The van der Waals surface area contributed by atoms with Crippen molar-refractivity contribution < 1.29 is 0 Å². The standard InChI is InChI=1S/C6H11Br/c1-3-4-5-6(2)7/h3,6H,1,4-5H2,2H3/t6-/m0/s1. The number of hydrogen-bond donors (Lipinski definition) is 0. The predicted octanol–water partition coefficient (Wildman–Crippen LogP) is 2.74. The van der Waals surface area contributed by atoms with Crippen molar-refractivity contribution in [2.24, 2.45) is 0 Å². The van der Waals surface area contributed by atoms with Crippen LogP contribution in [-0.4, -0.2) is 4.83 Å². The molecule has 0 fully saturated rings. The van der Waals surface area contributed by atoms with Gasteiger partial charge in [0, 0.05) is 4.83 Å². The Balaban J connectivity index is 2.81. The molecule has 0 spiro atoms. The molecule has 0 aromatic carbocycles.